The van der Waals surface area contributed by atoms with Crippen LogP contribution in [0.3, 0.4) is 0 Å². The third-order valence-corrected chi connectivity index (χ3v) is 12.6. The highest BCUT2D eigenvalue weighted by molar-refractivity contribution is 7.26. The van der Waals surface area contributed by atoms with Gasteiger partial charge in [-0.1, -0.05) is 151 Å². The van der Waals surface area contributed by atoms with Crippen molar-refractivity contribution in [1.82, 2.24) is 4.57 Å². The SMILES string of the molecule is Clc1cc(-c2cc3c4ccccc4n(-c4ccc(-c5ccccc5)cc4)c3c3c2sc2ccccc23)cc(N(c2ccccc2)c2ccc(-c3ccccc3)cc2)c1. The molecule has 11 rings (SSSR count). The van der Waals surface area contributed by atoms with Gasteiger partial charge in [0.1, 0.15) is 0 Å². The van der Waals surface area contributed by atoms with Gasteiger partial charge in [0, 0.05) is 64.3 Å². The van der Waals surface area contributed by atoms with Crippen molar-refractivity contribution in [2.75, 3.05) is 4.90 Å². The quantitative estimate of drug-likeness (QED) is 0.156. The Labute approximate surface area is 346 Å². The van der Waals surface area contributed by atoms with E-state index in [9.17, 15) is 0 Å². The molecule has 0 fully saturated rings. The van der Waals surface area contributed by atoms with Gasteiger partial charge in [0.15, 0.2) is 0 Å². The zero-order valence-electron chi connectivity index (χ0n) is 31.4. The highest BCUT2D eigenvalue weighted by atomic mass is 35.5. The number of anilines is 3. The lowest BCUT2D eigenvalue weighted by Crippen LogP contribution is -2.10. The summed E-state index contributed by atoms with van der Waals surface area (Å²) in [6, 6.07) is 76.0. The van der Waals surface area contributed by atoms with E-state index in [0.717, 1.165) is 28.3 Å². The lowest BCUT2D eigenvalue weighted by molar-refractivity contribution is 1.19. The fourth-order valence-corrected chi connectivity index (χ4v) is 10.0. The van der Waals surface area contributed by atoms with Crippen molar-refractivity contribution in [1.29, 1.82) is 0 Å². The first-order valence-corrected chi connectivity index (χ1v) is 20.7. The first-order chi connectivity index (χ1) is 28.7. The van der Waals surface area contributed by atoms with Crippen LogP contribution in [0.25, 0.3) is 81.0 Å². The van der Waals surface area contributed by atoms with Crippen LogP contribution in [0.4, 0.5) is 17.1 Å². The van der Waals surface area contributed by atoms with E-state index in [2.05, 4.69) is 222 Å². The van der Waals surface area contributed by atoms with Gasteiger partial charge in [0.05, 0.1) is 11.0 Å². The van der Waals surface area contributed by atoms with E-state index in [-0.39, 0.29) is 0 Å². The Morgan fingerprint density at radius 1 is 0.414 bits per heavy atom. The summed E-state index contributed by atoms with van der Waals surface area (Å²) in [7, 11) is 0. The Bertz CT molecular complexity index is 3260. The number of hydrogen-bond donors (Lipinski definition) is 0. The third kappa shape index (κ3) is 5.87. The van der Waals surface area contributed by atoms with Gasteiger partial charge in [-0.05, 0) is 101 Å². The summed E-state index contributed by atoms with van der Waals surface area (Å²) in [5.74, 6) is 0. The summed E-state index contributed by atoms with van der Waals surface area (Å²) in [6.07, 6.45) is 0. The molecule has 0 aliphatic carbocycles. The third-order valence-electron chi connectivity index (χ3n) is 11.2. The van der Waals surface area contributed by atoms with Crippen molar-refractivity contribution in [3.63, 3.8) is 0 Å². The zero-order valence-corrected chi connectivity index (χ0v) is 33.0. The predicted molar refractivity (Wildman–Crippen MR) is 250 cm³/mol. The second-order valence-electron chi connectivity index (χ2n) is 14.7. The van der Waals surface area contributed by atoms with Gasteiger partial charge in [-0.15, -0.1) is 11.3 Å². The molecule has 274 valence electrons. The lowest BCUT2D eigenvalue weighted by Gasteiger charge is -2.26. The van der Waals surface area contributed by atoms with Gasteiger partial charge in [-0.25, -0.2) is 0 Å². The molecule has 9 aromatic carbocycles. The molecule has 2 nitrogen and oxygen atoms in total. The molecule has 2 heterocycles. The summed E-state index contributed by atoms with van der Waals surface area (Å²) in [4.78, 5) is 2.30. The minimum absolute atomic E-state index is 0.685. The number of aromatic nitrogens is 1. The van der Waals surface area contributed by atoms with E-state index >= 15 is 0 Å². The van der Waals surface area contributed by atoms with E-state index in [1.54, 1.807) is 0 Å². The van der Waals surface area contributed by atoms with Gasteiger partial charge >= 0.3 is 0 Å². The second-order valence-corrected chi connectivity index (χ2v) is 16.2. The lowest BCUT2D eigenvalue weighted by atomic mass is 9.98. The molecule has 0 aliphatic rings. The molecular formula is C54H35ClN2S. The summed E-state index contributed by atoms with van der Waals surface area (Å²) in [5.41, 5.74) is 13.7. The Morgan fingerprint density at radius 3 is 1.66 bits per heavy atom. The minimum atomic E-state index is 0.685. The largest absolute Gasteiger partial charge is 0.310 e. The van der Waals surface area contributed by atoms with Crippen LogP contribution in [0.1, 0.15) is 0 Å². The zero-order chi connectivity index (χ0) is 38.6. The highest BCUT2D eigenvalue weighted by Crippen LogP contribution is 2.49. The van der Waals surface area contributed by atoms with Crippen molar-refractivity contribution >= 4 is 82.0 Å². The molecule has 0 aliphatic heterocycles. The number of para-hydroxylation sites is 2. The summed E-state index contributed by atoms with van der Waals surface area (Å²) >= 11 is 9.03. The monoisotopic (exact) mass is 778 g/mol. The number of hydrogen-bond acceptors (Lipinski definition) is 2. The van der Waals surface area contributed by atoms with E-state index < -0.39 is 0 Å². The first kappa shape index (κ1) is 34.3. The number of thiophene rings is 1. The second kappa shape index (κ2) is 14.2. The number of benzene rings is 9. The molecule has 11 aromatic rings. The maximum absolute atomic E-state index is 7.18. The molecule has 0 N–H and O–H groups in total. The van der Waals surface area contributed by atoms with Crippen molar-refractivity contribution < 1.29 is 0 Å². The molecule has 0 unspecified atom stereocenters. The van der Waals surface area contributed by atoms with E-state index in [1.165, 1.54) is 69.8 Å². The Kier molecular flexibility index (Phi) is 8.43. The molecule has 0 atom stereocenters. The maximum atomic E-state index is 7.18. The number of fused-ring (bicyclic) bond motifs is 7. The van der Waals surface area contributed by atoms with Crippen LogP contribution >= 0.6 is 22.9 Å². The topological polar surface area (TPSA) is 8.17 Å². The molecule has 0 radical (unpaired) electrons. The van der Waals surface area contributed by atoms with Crippen molar-refractivity contribution in [2.24, 2.45) is 0 Å². The number of nitrogens with zero attached hydrogens (tertiary/aromatic N) is 2. The molecule has 0 amide bonds. The summed E-state index contributed by atoms with van der Waals surface area (Å²) in [6.45, 7) is 0. The number of rotatable bonds is 7. The van der Waals surface area contributed by atoms with Crippen molar-refractivity contribution in [3.05, 3.63) is 217 Å². The van der Waals surface area contributed by atoms with Gasteiger partial charge in [-0.3, -0.25) is 0 Å². The average molecular weight is 779 g/mol. The molecule has 0 spiro atoms. The van der Waals surface area contributed by atoms with E-state index in [0.29, 0.717) is 5.02 Å². The first-order valence-electron chi connectivity index (χ1n) is 19.5. The Hall–Kier alpha value is -6.91. The minimum Gasteiger partial charge on any atom is -0.310 e. The van der Waals surface area contributed by atoms with Gasteiger partial charge < -0.3 is 9.47 Å². The molecule has 0 saturated carbocycles. The van der Waals surface area contributed by atoms with Crippen LogP contribution in [0.5, 0.6) is 0 Å². The maximum Gasteiger partial charge on any atom is 0.0634 e. The normalized spacial score (nSPS) is 11.5. The smallest absolute Gasteiger partial charge is 0.0634 e. The van der Waals surface area contributed by atoms with Crippen LogP contribution in [-0.2, 0) is 0 Å². The van der Waals surface area contributed by atoms with Crippen LogP contribution < -0.4 is 4.90 Å². The van der Waals surface area contributed by atoms with Crippen molar-refractivity contribution in [3.8, 4) is 39.1 Å². The fraction of sp³-hybridized carbons (Fsp3) is 0. The Balaban J connectivity index is 1.13. The Morgan fingerprint density at radius 2 is 0.966 bits per heavy atom. The molecule has 58 heavy (non-hydrogen) atoms. The highest BCUT2D eigenvalue weighted by Gasteiger charge is 2.23. The summed E-state index contributed by atoms with van der Waals surface area (Å²) < 4.78 is 4.96. The van der Waals surface area contributed by atoms with Crippen LogP contribution in [-0.4, -0.2) is 4.57 Å². The molecular weight excluding hydrogens is 744 g/mol. The predicted octanol–water partition coefficient (Wildman–Crippen LogP) is 16.3. The van der Waals surface area contributed by atoms with E-state index in [1.807, 2.05) is 11.3 Å². The van der Waals surface area contributed by atoms with Gasteiger partial charge in [0.2, 0.25) is 0 Å². The number of halogens is 1. The molecule has 2 aromatic heterocycles. The van der Waals surface area contributed by atoms with Gasteiger partial charge in [-0.2, -0.15) is 0 Å². The van der Waals surface area contributed by atoms with Crippen LogP contribution in [0, 0.1) is 0 Å². The average Bonchev–Trinajstić information content (AvgIpc) is 3.83. The van der Waals surface area contributed by atoms with E-state index in [4.69, 9.17) is 11.6 Å². The summed E-state index contributed by atoms with van der Waals surface area (Å²) in [5, 5.41) is 5.63. The fourth-order valence-electron chi connectivity index (χ4n) is 8.57. The van der Waals surface area contributed by atoms with Crippen LogP contribution in [0.15, 0.2) is 212 Å². The molecule has 4 heteroatoms. The van der Waals surface area contributed by atoms with Crippen molar-refractivity contribution in [2.45, 2.75) is 0 Å². The molecule has 0 saturated heterocycles. The van der Waals surface area contributed by atoms with Crippen LogP contribution in [0.2, 0.25) is 5.02 Å². The van der Waals surface area contributed by atoms with Gasteiger partial charge in [0.25, 0.3) is 0 Å². The molecule has 0 bridgehead atoms. The standard InChI is InChI=1S/C54H35ClN2S/c55-41-32-40(33-45(34-41)56(42-18-8-3-9-19-42)43-28-24-38(25-29-43)36-14-4-1-5-15-36)48-35-49-46-20-10-12-22-50(46)57(44-30-26-39(27-31-44)37-16-6-2-7-17-37)53(49)52-47-21-11-13-23-51(47)58-54(48)52/h1-35H.